The fourth-order valence-electron chi connectivity index (χ4n) is 1.99. The second-order valence-electron chi connectivity index (χ2n) is 4.83. The molecular formula is C15H19N3O2S. The fraction of sp³-hybridized carbons (Fsp3) is 0.267. The molecule has 0 amide bonds. The molecule has 0 bridgehead atoms. The molecule has 2 rings (SSSR count). The molecule has 1 aromatic carbocycles. The minimum Gasteiger partial charge on any atom is -0.370 e. The van der Waals surface area contributed by atoms with Gasteiger partial charge in [0.05, 0.1) is 10.6 Å². The molecule has 6 heteroatoms. The number of hydrogen-bond donors (Lipinski definition) is 2. The largest absolute Gasteiger partial charge is 0.370 e. The van der Waals surface area contributed by atoms with E-state index < -0.39 is 10.0 Å². The lowest BCUT2D eigenvalue weighted by Crippen LogP contribution is -2.14. The lowest BCUT2D eigenvalue weighted by atomic mass is 10.1. The second kappa shape index (κ2) is 6.13. The Hall–Kier alpha value is -2.08. The quantitative estimate of drug-likeness (QED) is 0.891. The number of nitrogens with zero attached hydrogens (tertiary/aromatic N) is 1. The van der Waals surface area contributed by atoms with E-state index in [0.29, 0.717) is 18.1 Å². The van der Waals surface area contributed by atoms with Crippen LogP contribution in [0.2, 0.25) is 0 Å². The third kappa shape index (κ3) is 3.72. The summed E-state index contributed by atoms with van der Waals surface area (Å²) in [4.78, 5) is 4.26. The van der Waals surface area contributed by atoms with Crippen LogP contribution in [0.4, 0.5) is 11.5 Å². The molecule has 5 nitrogen and oxygen atoms in total. The van der Waals surface area contributed by atoms with Gasteiger partial charge in [-0.25, -0.2) is 13.4 Å². The Morgan fingerprint density at radius 2 is 1.90 bits per heavy atom. The lowest BCUT2D eigenvalue weighted by molar-refractivity contribution is 0.601. The Labute approximate surface area is 125 Å². The van der Waals surface area contributed by atoms with E-state index in [1.165, 1.54) is 18.3 Å². The van der Waals surface area contributed by atoms with E-state index in [1.807, 2.05) is 32.9 Å². The van der Waals surface area contributed by atoms with Crippen molar-refractivity contribution in [3.8, 4) is 0 Å². The van der Waals surface area contributed by atoms with E-state index in [2.05, 4.69) is 15.0 Å². The van der Waals surface area contributed by atoms with Gasteiger partial charge in [0.2, 0.25) is 0 Å². The topological polar surface area (TPSA) is 71.1 Å². The molecule has 0 fully saturated rings. The second-order valence-corrected chi connectivity index (χ2v) is 6.51. The number of hydrogen-bond acceptors (Lipinski definition) is 4. The zero-order chi connectivity index (χ0) is 15.5. The smallest absolute Gasteiger partial charge is 0.262 e. The maximum absolute atomic E-state index is 12.4. The molecule has 1 aromatic heterocycles. The molecule has 0 saturated heterocycles. The van der Waals surface area contributed by atoms with Gasteiger partial charge in [0.1, 0.15) is 5.82 Å². The van der Waals surface area contributed by atoms with E-state index in [1.54, 1.807) is 6.07 Å². The number of nitrogens with one attached hydrogen (secondary N) is 2. The van der Waals surface area contributed by atoms with E-state index in [0.717, 1.165) is 11.1 Å². The SMILES string of the molecule is CCNc1cc(S(=O)(=O)Nc2ccc(C)cc2C)ccn1. The zero-order valence-corrected chi connectivity index (χ0v) is 13.2. The average Bonchev–Trinajstić information content (AvgIpc) is 2.43. The average molecular weight is 305 g/mol. The van der Waals surface area contributed by atoms with E-state index in [-0.39, 0.29) is 4.90 Å². The summed E-state index contributed by atoms with van der Waals surface area (Å²) in [7, 11) is -3.62. The number of sulfonamides is 1. The van der Waals surface area contributed by atoms with Crippen molar-refractivity contribution >= 4 is 21.5 Å². The summed E-state index contributed by atoms with van der Waals surface area (Å²) >= 11 is 0. The lowest BCUT2D eigenvalue weighted by Gasteiger charge is -2.12. The number of benzene rings is 1. The van der Waals surface area contributed by atoms with Gasteiger partial charge in [-0.2, -0.15) is 0 Å². The molecule has 0 aliphatic heterocycles. The van der Waals surface area contributed by atoms with Gasteiger partial charge in [0.15, 0.2) is 0 Å². The molecule has 0 aliphatic carbocycles. The number of aromatic nitrogens is 1. The van der Waals surface area contributed by atoms with Crippen LogP contribution in [-0.4, -0.2) is 19.9 Å². The van der Waals surface area contributed by atoms with E-state index >= 15 is 0 Å². The Bertz CT molecular complexity index is 742. The maximum atomic E-state index is 12.4. The van der Waals surface area contributed by atoms with Gasteiger partial charge in [-0.15, -0.1) is 0 Å². The van der Waals surface area contributed by atoms with Crippen molar-refractivity contribution in [1.29, 1.82) is 0 Å². The van der Waals surface area contributed by atoms with Crippen molar-refractivity contribution in [2.45, 2.75) is 25.7 Å². The molecular weight excluding hydrogens is 286 g/mol. The molecule has 0 radical (unpaired) electrons. The van der Waals surface area contributed by atoms with Crippen LogP contribution < -0.4 is 10.0 Å². The number of aryl methyl sites for hydroxylation is 2. The molecule has 2 N–H and O–H groups in total. The monoisotopic (exact) mass is 305 g/mol. The summed E-state index contributed by atoms with van der Waals surface area (Å²) in [5, 5.41) is 3.00. The van der Waals surface area contributed by atoms with Crippen LogP contribution in [0.5, 0.6) is 0 Å². The minimum absolute atomic E-state index is 0.188. The standard InChI is InChI=1S/C15H19N3O2S/c1-4-16-15-10-13(7-8-17-15)21(19,20)18-14-6-5-11(2)9-12(14)3/h5-10,18H,4H2,1-3H3,(H,16,17). The predicted molar refractivity (Wildman–Crippen MR) is 85.1 cm³/mol. The van der Waals surface area contributed by atoms with Gasteiger partial charge in [0, 0.05) is 18.8 Å². The molecule has 21 heavy (non-hydrogen) atoms. The number of pyridine rings is 1. The van der Waals surface area contributed by atoms with Crippen LogP contribution in [0.15, 0.2) is 41.4 Å². The van der Waals surface area contributed by atoms with Crippen LogP contribution in [0, 0.1) is 13.8 Å². The van der Waals surface area contributed by atoms with Gasteiger partial charge in [-0.3, -0.25) is 4.72 Å². The van der Waals surface area contributed by atoms with Crippen LogP contribution in [-0.2, 0) is 10.0 Å². The highest BCUT2D eigenvalue weighted by Crippen LogP contribution is 2.21. The van der Waals surface area contributed by atoms with Crippen molar-refractivity contribution in [2.24, 2.45) is 0 Å². The first-order valence-corrected chi connectivity index (χ1v) is 8.20. The van der Waals surface area contributed by atoms with Crippen molar-refractivity contribution in [3.05, 3.63) is 47.7 Å². The Kier molecular flexibility index (Phi) is 4.47. The molecule has 112 valence electrons. The highest BCUT2D eigenvalue weighted by molar-refractivity contribution is 7.92. The van der Waals surface area contributed by atoms with Crippen molar-refractivity contribution < 1.29 is 8.42 Å². The molecule has 0 saturated carbocycles. The maximum Gasteiger partial charge on any atom is 0.262 e. The molecule has 0 aliphatic rings. The summed E-state index contributed by atoms with van der Waals surface area (Å²) in [5.74, 6) is 0.543. The number of anilines is 2. The Balaban J connectivity index is 2.31. The summed E-state index contributed by atoms with van der Waals surface area (Å²) < 4.78 is 27.5. The van der Waals surface area contributed by atoms with E-state index in [4.69, 9.17) is 0 Å². The van der Waals surface area contributed by atoms with Crippen molar-refractivity contribution in [2.75, 3.05) is 16.6 Å². The van der Waals surface area contributed by atoms with Gasteiger partial charge in [0.25, 0.3) is 10.0 Å². The third-order valence-electron chi connectivity index (χ3n) is 3.03. The highest BCUT2D eigenvalue weighted by Gasteiger charge is 2.16. The summed E-state index contributed by atoms with van der Waals surface area (Å²) in [6, 6.07) is 8.59. The Morgan fingerprint density at radius 1 is 1.14 bits per heavy atom. The fourth-order valence-corrected chi connectivity index (χ4v) is 3.13. The van der Waals surface area contributed by atoms with Crippen molar-refractivity contribution in [1.82, 2.24) is 4.98 Å². The first-order chi connectivity index (χ1) is 9.92. The molecule has 0 unspecified atom stereocenters. The third-order valence-corrected chi connectivity index (χ3v) is 4.39. The van der Waals surface area contributed by atoms with Gasteiger partial charge >= 0.3 is 0 Å². The van der Waals surface area contributed by atoms with Crippen molar-refractivity contribution in [3.63, 3.8) is 0 Å². The first-order valence-electron chi connectivity index (χ1n) is 6.72. The number of rotatable bonds is 5. The van der Waals surface area contributed by atoms with Crippen LogP contribution in [0.25, 0.3) is 0 Å². The Morgan fingerprint density at radius 3 is 2.57 bits per heavy atom. The normalized spacial score (nSPS) is 11.2. The van der Waals surface area contributed by atoms with Gasteiger partial charge in [-0.05, 0) is 38.5 Å². The van der Waals surface area contributed by atoms with Gasteiger partial charge < -0.3 is 5.32 Å². The van der Waals surface area contributed by atoms with Crippen LogP contribution in [0.1, 0.15) is 18.1 Å². The van der Waals surface area contributed by atoms with Gasteiger partial charge in [-0.1, -0.05) is 17.7 Å². The van der Waals surface area contributed by atoms with E-state index in [9.17, 15) is 8.42 Å². The van der Waals surface area contributed by atoms with Crippen LogP contribution >= 0.6 is 0 Å². The molecule has 0 atom stereocenters. The first kappa shape index (κ1) is 15.3. The summed E-state index contributed by atoms with van der Waals surface area (Å²) in [6.07, 6.45) is 1.48. The van der Waals surface area contributed by atoms with Crippen LogP contribution in [0.3, 0.4) is 0 Å². The predicted octanol–water partition coefficient (Wildman–Crippen LogP) is 2.93. The molecule has 1 heterocycles. The highest BCUT2D eigenvalue weighted by atomic mass is 32.2. The zero-order valence-electron chi connectivity index (χ0n) is 12.3. The minimum atomic E-state index is -3.62. The molecule has 0 spiro atoms. The summed E-state index contributed by atoms with van der Waals surface area (Å²) in [5.41, 5.74) is 2.57. The molecule has 2 aromatic rings. The summed E-state index contributed by atoms with van der Waals surface area (Å²) in [6.45, 7) is 6.45.